The fourth-order valence-electron chi connectivity index (χ4n) is 1.77. The molecule has 1 amide bonds. The van der Waals surface area contributed by atoms with Crippen LogP contribution in [0.15, 0.2) is 36.9 Å². The summed E-state index contributed by atoms with van der Waals surface area (Å²) < 4.78 is 0. The molecule has 4 heteroatoms. The normalized spacial score (nSPS) is 12.9. The minimum absolute atomic E-state index is 0.144. The highest BCUT2D eigenvalue weighted by atomic mass is 35.5. The smallest absolute Gasteiger partial charge is 0.243 e. The second-order valence-electron chi connectivity index (χ2n) is 4.68. The van der Waals surface area contributed by atoms with E-state index in [1.165, 1.54) is 6.08 Å². The zero-order valence-corrected chi connectivity index (χ0v) is 11.4. The van der Waals surface area contributed by atoms with Crippen molar-refractivity contribution < 1.29 is 9.90 Å². The molecule has 1 unspecified atom stereocenters. The molecule has 18 heavy (non-hydrogen) atoms. The number of halogens is 1. The second-order valence-corrected chi connectivity index (χ2v) is 5.11. The zero-order chi connectivity index (χ0) is 13.8. The van der Waals surface area contributed by atoms with Crippen LogP contribution in [0.1, 0.15) is 19.4 Å². The predicted octanol–water partition coefficient (Wildman–Crippen LogP) is 2.28. The van der Waals surface area contributed by atoms with E-state index in [0.717, 1.165) is 5.56 Å². The molecule has 0 aliphatic carbocycles. The topological polar surface area (TPSA) is 49.3 Å². The molecule has 0 fully saturated rings. The number of benzene rings is 1. The number of aliphatic hydroxyl groups is 1. The van der Waals surface area contributed by atoms with E-state index in [4.69, 9.17) is 11.6 Å². The van der Waals surface area contributed by atoms with E-state index in [-0.39, 0.29) is 18.6 Å². The Hall–Kier alpha value is -1.32. The Kier molecular flexibility index (Phi) is 4.93. The summed E-state index contributed by atoms with van der Waals surface area (Å²) in [6, 6.07) is 6.99. The van der Waals surface area contributed by atoms with Crippen molar-refractivity contribution >= 4 is 17.5 Å². The maximum absolute atomic E-state index is 11.4. The summed E-state index contributed by atoms with van der Waals surface area (Å²) in [5.74, 6) is -0.295. The first-order valence-corrected chi connectivity index (χ1v) is 6.09. The first kappa shape index (κ1) is 14.7. The van der Waals surface area contributed by atoms with Crippen molar-refractivity contribution in [3.8, 4) is 0 Å². The van der Waals surface area contributed by atoms with Crippen LogP contribution in [-0.2, 0) is 10.2 Å². The Bertz CT molecular complexity index is 426. The van der Waals surface area contributed by atoms with E-state index in [1.807, 2.05) is 26.0 Å². The Morgan fingerprint density at radius 2 is 2.06 bits per heavy atom. The maximum Gasteiger partial charge on any atom is 0.243 e. The molecule has 0 radical (unpaired) electrons. The van der Waals surface area contributed by atoms with Crippen LogP contribution in [0.3, 0.4) is 0 Å². The minimum atomic E-state index is -0.405. The van der Waals surface area contributed by atoms with Gasteiger partial charge in [-0.25, -0.2) is 0 Å². The maximum atomic E-state index is 11.4. The van der Waals surface area contributed by atoms with Crippen LogP contribution >= 0.6 is 11.6 Å². The summed E-state index contributed by atoms with van der Waals surface area (Å²) in [4.78, 5) is 11.4. The lowest BCUT2D eigenvalue weighted by molar-refractivity contribution is -0.118. The molecule has 0 saturated heterocycles. The summed E-state index contributed by atoms with van der Waals surface area (Å²) in [5.41, 5.74) is 0.591. The number of carbonyl (C=O) groups excluding carboxylic acids is 1. The minimum Gasteiger partial charge on any atom is -0.394 e. The van der Waals surface area contributed by atoms with Gasteiger partial charge in [0.15, 0.2) is 0 Å². The van der Waals surface area contributed by atoms with E-state index < -0.39 is 5.41 Å². The molecular formula is C14H18ClNO2. The Morgan fingerprint density at radius 1 is 1.50 bits per heavy atom. The van der Waals surface area contributed by atoms with E-state index in [2.05, 4.69) is 11.9 Å². The van der Waals surface area contributed by atoms with Crippen molar-refractivity contribution in [2.24, 2.45) is 0 Å². The average molecular weight is 268 g/mol. The fraction of sp³-hybridized carbons (Fsp3) is 0.357. The van der Waals surface area contributed by atoms with Gasteiger partial charge in [0.2, 0.25) is 5.91 Å². The number of aliphatic hydroxyl groups excluding tert-OH is 1. The SMILES string of the molecule is C=CC(=O)NC(CO)C(C)(C)c1ccc(Cl)cc1. The number of rotatable bonds is 5. The van der Waals surface area contributed by atoms with Gasteiger partial charge in [-0.15, -0.1) is 0 Å². The number of hydrogen-bond acceptors (Lipinski definition) is 2. The number of carbonyl (C=O) groups is 1. The summed E-state index contributed by atoms with van der Waals surface area (Å²) in [7, 11) is 0. The third-order valence-electron chi connectivity index (χ3n) is 3.14. The molecule has 0 aromatic heterocycles. The first-order valence-electron chi connectivity index (χ1n) is 5.71. The first-order chi connectivity index (χ1) is 8.41. The predicted molar refractivity (Wildman–Crippen MR) is 73.7 cm³/mol. The molecule has 0 spiro atoms. The van der Waals surface area contributed by atoms with Gasteiger partial charge in [-0.3, -0.25) is 4.79 Å². The van der Waals surface area contributed by atoms with Gasteiger partial charge in [0.1, 0.15) is 0 Å². The van der Waals surface area contributed by atoms with Crippen molar-refractivity contribution in [3.05, 3.63) is 47.5 Å². The standard InChI is InChI=1S/C14H18ClNO2/c1-4-13(18)16-12(9-17)14(2,3)10-5-7-11(15)8-6-10/h4-8,12,17H,1,9H2,2-3H3,(H,16,18). The van der Waals surface area contributed by atoms with Crippen LogP contribution in [0, 0.1) is 0 Å². The van der Waals surface area contributed by atoms with E-state index >= 15 is 0 Å². The fourth-order valence-corrected chi connectivity index (χ4v) is 1.89. The van der Waals surface area contributed by atoms with Gasteiger partial charge in [-0.1, -0.05) is 44.2 Å². The number of hydrogen-bond donors (Lipinski definition) is 2. The van der Waals surface area contributed by atoms with Gasteiger partial charge >= 0.3 is 0 Å². The average Bonchev–Trinajstić information content (AvgIpc) is 2.35. The summed E-state index contributed by atoms with van der Waals surface area (Å²) in [5, 5.41) is 12.8. The molecule has 0 aliphatic rings. The quantitative estimate of drug-likeness (QED) is 0.804. The van der Waals surface area contributed by atoms with Crippen molar-refractivity contribution in [2.75, 3.05) is 6.61 Å². The molecule has 0 bridgehead atoms. The molecule has 1 atom stereocenters. The second kappa shape index (κ2) is 6.03. The van der Waals surface area contributed by atoms with Crippen LogP contribution < -0.4 is 5.32 Å². The lowest BCUT2D eigenvalue weighted by atomic mass is 9.78. The van der Waals surface area contributed by atoms with Crippen LogP contribution in [0.5, 0.6) is 0 Å². The molecule has 0 aliphatic heterocycles. The summed E-state index contributed by atoms with van der Waals surface area (Å²) in [6.07, 6.45) is 1.20. The summed E-state index contributed by atoms with van der Waals surface area (Å²) in [6.45, 7) is 7.18. The molecule has 1 aromatic carbocycles. The van der Waals surface area contributed by atoms with E-state index in [1.54, 1.807) is 12.1 Å². The molecular weight excluding hydrogens is 250 g/mol. The van der Waals surface area contributed by atoms with Crippen molar-refractivity contribution in [1.29, 1.82) is 0 Å². The molecule has 98 valence electrons. The number of nitrogens with one attached hydrogen (secondary N) is 1. The van der Waals surface area contributed by atoms with Gasteiger partial charge in [-0.05, 0) is 23.8 Å². The zero-order valence-electron chi connectivity index (χ0n) is 10.6. The van der Waals surface area contributed by atoms with Gasteiger partial charge in [0, 0.05) is 10.4 Å². The lowest BCUT2D eigenvalue weighted by Gasteiger charge is -2.34. The van der Waals surface area contributed by atoms with Crippen LogP contribution in [0.2, 0.25) is 5.02 Å². The Morgan fingerprint density at radius 3 is 2.50 bits per heavy atom. The van der Waals surface area contributed by atoms with Crippen molar-refractivity contribution in [3.63, 3.8) is 0 Å². The Balaban J connectivity index is 2.97. The highest BCUT2D eigenvalue weighted by molar-refractivity contribution is 6.30. The van der Waals surface area contributed by atoms with Crippen molar-refractivity contribution in [1.82, 2.24) is 5.32 Å². The van der Waals surface area contributed by atoms with Crippen LogP contribution in [-0.4, -0.2) is 23.7 Å². The van der Waals surface area contributed by atoms with Gasteiger partial charge < -0.3 is 10.4 Å². The molecule has 1 aromatic rings. The molecule has 3 nitrogen and oxygen atoms in total. The molecule has 1 rings (SSSR count). The third kappa shape index (κ3) is 3.34. The third-order valence-corrected chi connectivity index (χ3v) is 3.40. The molecule has 0 saturated carbocycles. The monoisotopic (exact) mass is 267 g/mol. The van der Waals surface area contributed by atoms with Crippen LogP contribution in [0.25, 0.3) is 0 Å². The van der Waals surface area contributed by atoms with Crippen molar-refractivity contribution in [2.45, 2.75) is 25.3 Å². The van der Waals surface area contributed by atoms with E-state index in [9.17, 15) is 9.90 Å². The lowest BCUT2D eigenvalue weighted by Crippen LogP contribution is -2.49. The highest BCUT2D eigenvalue weighted by Gasteiger charge is 2.31. The molecule has 2 N–H and O–H groups in total. The summed E-state index contributed by atoms with van der Waals surface area (Å²) >= 11 is 5.85. The number of amides is 1. The van der Waals surface area contributed by atoms with Crippen LogP contribution in [0.4, 0.5) is 0 Å². The molecule has 0 heterocycles. The Labute approximate surface area is 112 Å². The highest BCUT2D eigenvalue weighted by Crippen LogP contribution is 2.28. The largest absolute Gasteiger partial charge is 0.394 e. The van der Waals surface area contributed by atoms with Gasteiger partial charge in [0.25, 0.3) is 0 Å². The van der Waals surface area contributed by atoms with Gasteiger partial charge in [-0.2, -0.15) is 0 Å². The van der Waals surface area contributed by atoms with Gasteiger partial charge in [0.05, 0.1) is 12.6 Å². The van der Waals surface area contributed by atoms with E-state index in [0.29, 0.717) is 5.02 Å².